The van der Waals surface area contributed by atoms with Crippen LogP contribution in [0.1, 0.15) is 52.1 Å². The standard InChI is InChI=1S/C26H20ClF4NO3/c1-34-25(33)23-12-16(26(29,30)31)11-22(32-23)19-7-4-6-18(19)20-13-17(27)9-10-24(20)35-14-15-5-2-3-8-21(15)28/h2-3,5,8-13H,4,6-7,14H2,1H3. The fourth-order valence-electron chi connectivity index (χ4n) is 4.02. The molecule has 0 atom stereocenters. The zero-order valence-electron chi connectivity index (χ0n) is 18.6. The van der Waals surface area contributed by atoms with Crippen molar-refractivity contribution in [2.75, 3.05) is 7.11 Å². The molecule has 0 N–H and O–H groups in total. The predicted molar refractivity (Wildman–Crippen MR) is 123 cm³/mol. The van der Waals surface area contributed by atoms with E-state index in [-0.39, 0.29) is 12.3 Å². The van der Waals surface area contributed by atoms with Crippen LogP contribution in [0, 0.1) is 5.82 Å². The van der Waals surface area contributed by atoms with E-state index in [9.17, 15) is 22.4 Å². The van der Waals surface area contributed by atoms with E-state index in [0.29, 0.717) is 58.4 Å². The van der Waals surface area contributed by atoms with Crippen molar-refractivity contribution in [1.82, 2.24) is 4.98 Å². The van der Waals surface area contributed by atoms with Crippen molar-refractivity contribution < 1.29 is 31.8 Å². The summed E-state index contributed by atoms with van der Waals surface area (Å²) in [7, 11) is 1.08. The van der Waals surface area contributed by atoms with Crippen molar-refractivity contribution in [1.29, 1.82) is 0 Å². The highest BCUT2D eigenvalue weighted by Gasteiger charge is 2.33. The Morgan fingerprint density at radius 2 is 1.80 bits per heavy atom. The van der Waals surface area contributed by atoms with Crippen molar-refractivity contribution in [2.45, 2.75) is 32.0 Å². The first-order chi connectivity index (χ1) is 16.7. The SMILES string of the molecule is COC(=O)c1cc(C(F)(F)F)cc(C2=C(c3cc(Cl)ccc3OCc3ccccc3F)CCC2)n1. The molecule has 1 aliphatic rings. The molecule has 0 aliphatic heterocycles. The summed E-state index contributed by atoms with van der Waals surface area (Å²) >= 11 is 6.24. The van der Waals surface area contributed by atoms with Crippen LogP contribution in [0.15, 0.2) is 54.6 Å². The maximum absolute atomic E-state index is 14.1. The van der Waals surface area contributed by atoms with Crippen molar-refractivity contribution in [3.8, 4) is 5.75 Å². The third-order valence-corrected chi connectivity index (χ3v) is 5.92. The number of rotatable bonds is 6. The van der Waals surface area contributed by atoms with E-state index in [1.165, 1.54) is 6.07 Å². The summed E-state index contributed by atoms with van der Waals surface area (Å²) in [6.07, 6.45) is -3.03. The first-order valence-electron chi connectivity index (χ1n) is 10.7. The average Bonchev–Trinajstić information content (AvgIpc) is 3.32. The molecule has 0 spiro atoms. The normalized spacial score (nSPS) is 13.8. The zero-order valence-corrected chi connectivity index (χ0v) is 19.3. The summed E-state index contributed by atoms with van der Waals surface area (Å²) < 4.78 is 65.3. The summed E-state index contributed by atoms with van der Waals surface area (Å²) in [4.78, 5) is 16.2. The minimum atomic E-state index is -4.68. The minimum Gasteiger partial charge on any atom is -0.488 e. The van der Waals surface area contributed by atoms with Gasteiger partial charge in [-0.15, -0.1) is 0 Å². The number of benzene rings is 2. The second-order valence-corrected chi connectivity index (χ2v) is 8.38. The third-order valence-electron chi connectivity index (χ3n) is 5.68. The van der Waals surface area contributed by atoms with Crippen LogP contribution in [-0.4, -0.2) is 18.1 Å². The molecule has 1 heterocycles. The van der Waals surface area contributed by atoms with Crippen LogP contribution in [0.5, 0.6) is 5.75 Å². The molecule has 3 aromatic rings. The molecule has 9 heteroatoms. The lowest BCUT2D eigenvalue weighted by molar-refractivity contribution is -0.137. The van der Waals surface area contributed by atoms with Crippen LogP contribution in [0.3, 0.4) is 0 Å². The molecule has 1 aliphatic carbocycles. The summed E-state index contributed by atoms with van der Waals surface area (Å²) in [6, 6.07) is 12.7. The van der Waals surface area contributed by atoms with Gasteiger partial charge in [-0.1, -0.05) is 29.8 Å². The van der Waals surface area contributed by atoms with E-state index >= 15 is 0 Å². The van der Waals surface area contributed by atoms with Gasteiger partial charge >= 0.3 is 12.1 Å². The number of methoxy groups -OCH3 is 1. The van der Waals surface area contributed by atoms with Crippen molar-refractivity contribution in [3.05, 3.63) is 93.5 Å². The maximum atomic E-state index is 14.1. The Kier molecular flexibility index (Phi) is 7.12. The number of carbonyl (C=O) groups excluding carboxylic acids is 1. The molecule has 2 aromatic carbocycles. The Balaban J connectivity index is 1.80. The Hall–Kier alpha value is -3.39. The van der Waals surface area contributed by atoms with Crippen molar-refractivity contribution >= 4 is 28.7 Å². The van der Waals surface area contributed by atoms with Crippen LogP contribution >= 0.6 is 11.6 Å². The first-order valence-corrected chi connectivity index (χ1v) is 11.1. The number of esters is 1. The average molecular weight is 506 g/mol. The van der Waals surface area contributed by atoms with Gasteiger partial charge in [-0.25, -0.2) is 14.2 Å². The summed E-state index contributed by atoms with van der Waals surface area (Å²) in [6.45, 7) is -0.0434. The summed E-state index contributed by atoms with van der Waals surface area (Å²) in [5, 5.41) is 0.407. The van der Waals surface area contributed by atoms with Gasteiger partial charge in [0, 0.05) is 16.1 Å². The molecule has 4 rings (SSSR count). The lowest BCUT2D eigenvalue weighted by atomic mass is 9.98. The molecule has 35 heavy (non-hydrogen) atoms. The second kappa shape index (κ2) is 10.1. The Morgan fingerprint density at radius 3 is 2.51 bits per heavy atom. The van der Waals surface area contributed by atoms with Gasteiger partial charge in [0.2, 0.25) is 0 Å². The molecule has 1 aromatic heterocycles. The molecule has 4 nitrogen and oxygen atoms in total. The molecule has 0 unspecified atom stereocenters. The van der Waals surface area contributed by atoms with Crippen LogP contribution in [-0.2, 0) is 17.5 Å². The highest BCUT2D eigenvalue weighted by atomic mass is 35.5. The van der Waals surface area contributed by atoms with E-state index in [1.807, 2.05) is 0 Å². The number of carbonyl (C=O) groups is 1. The monoisotopic (exact) mass is 505 g/mol. The predicted octanol–water partition coefficient (Wildman–Crippen LogP) is 7.35. The highest BCUT2D eigenvalue weighted by molar-refractivity contribution is 6.30. The van der Waals surface area contributed by atoms with E-state index < -0.39 is 29.2 Å². The topological polar surface area (TPSA) is 48.4 Å². The summed E-state index contributed by atoms with van der Waals surface area (Å²) in [5.41, 5.74) is 0.809. The molecule has 0 bridgehead atoms. The fraction of sp³-hybridized carbons (Fsp3) is 0.231. The first kappa shape index (κ1) is 24.7. The number of hydrogen-bond acceptors (Lipinski definition) is 4. The Morgan fingerprint density at radius 1 is 1.06 bits per heavy atom. The van der Waals surface area contributed by atoms with Gasteiger partial charge in [0.25, 0.3) is 0 Å². The van der Waals surface area contributed by atoms with E-state index in [2.05, 4.69) is 9.72 Å². The summed E-state index contributed by atoms with van der Waals surface area (Å²) in [5.74, 6) is -0.964. The van der Waals surface area contributed by atoms with E-state index in [0.717, 1.165) is 13.2 Å². The van der Waals surface area contributed by atoms with Gasteiger partial charge in [-0.3, -0.25) is 0 Å². The van der Waals surface area contributed by atoms with Gasteiger partial charge in [0.1, 0.15) is 23.9 Å². The molecule has 182 valence electrons. The number of hydrogen-bond donors (Lipinski definition) is 0. The molecule has 0 saturated heterocycles. The number of aromatic nitrogens is 1. The van der Waals surface area contributed by atoms with Gasteiger partial charge in [0.05, 0.1) is 18.4 Å². The van der Waals surface area contributed by atoms with E-state index in [1.54, 1.807) is 36.4 Å². The van der Waals surface area contributed by atoms with Gasteiger partial charge < -0.3 is 9.47 Å². The highest BCUT2D eigenvalue weighted by Crippen LogP contribution is 2.44. The van der Waals surface area contributed by atoms with Crippen molar-refractivity contribution in [2.24, 2.45) is 0 Å². The number of allylic oxidation sites excluding steroid dienone is 2. The van der Waals surface area contributed by atoms with Crippen LogP contribution < -0.4 is 4.74 Å². The van der Waals surface area contributed by atoms with Crippen LogP contribution in [0.4, 0.5) is 17.6 Å². The van der Waals surface area contributed by atoms with Gasteiger partial charge in [-0.05, 0) is 66.8 Å². The maximum Gasteiger partial charge on any atom is 0.416 e. The lowest BCUT2D eigenvalue weighted by Gasteiger charge is -2.16. The quantitative estimate of drug-likeness (QED) is 0.259. The van der Waals surface area contributed by atoms with Crippen LogP contribution in [0.2, 0.25) is 5.02 Å². The number of halogens is 5. The number of ether oxygens (including phenoxy) is 2. The van der Waals surface area contributed by atoms with E-state index in [4.69, 9.17) is 16.3 Å². The van der Waals surface area contributed by atoms with Crippen LogP contribution in [0.25, 0.3) is 11.1 Å². The molecule has 0 fully saturated rings. The number of nitrogens with zero attached hydrogens (tertiary/aromatic N) is 1. The third kappa shape index (κ3) is 5.48. The molecule has 0 radical (unpaired) electrons. The lowest BCUT2D eigenvalue weighted by Crippen LogP contribution is -2.12. The molecular weight excluding hydrogens is 486 g/mol. The number of alkyl halides is 3. The molecular formula is C26H20ClF4NO3. The Bertz CT molecular complexity index is 1300. The van der Waals surface area contributed by atoms with Gasteiger partial charge in [-0.2, -0.15) is 13.2 Å². The second-order valence-electron chi connectivity index (χ2n) is 7.95. The Labute approximate surface area is 204 Å². The van der Waals surface area contributed by atoms with Crippen molar-refractivity contribution in [3.63, 3.8) is 0 Å². The fourth-order valence-corrected chi connectivity index (χ4v) is 4.19. The minimum absolute atomic E-state index is 0.0350. The number of pyridine rings is 1. The molecule has 0 saturated carbocycles. The zero-order chi connectivity index (χ0) is 25.2. The smallest absolute Gasteiger partial charge is 0.416 e. The van der Waals surface area contributed by atoms with Gasteiger partial charge in [0.15, 0.2) is 0 Å². The molecule has 0 amide bonds. The largest absolute Gasteiger partial charge is 0.488 e.